The van der Waals surface area contributed by atoms with Gasteiger partial charge in [0.25, 0.3) is 0 Å². The molecule has 0 amide bonds. The summed E-state index contributed by atoms with van der Waals surface area (Å²) in [4.78, 5) is 0. The first kappa shape index (κ1) is 14.9. The van der Waals surface area contributed by atoms with Gasteiger partial charge in [0.2, 0.25) is 0 Å². The molecule has 1 aliphatic rings. The molecule has 0 saturated heterocycles. The van der Waals surface area contributed by atoms with E-state index in [1.165, 1.54) is 36.1 Å². The molecule has 0 radical (unpaired) electrons. The fourth-order valence-corrected chi connectivity index (χ4v) is 2.69. The summed E-state index contributed by atoms with van der Waals surface area (Å²) in [6.45, 7) is 0. The smallest absolute Gasteiger partial charge is 0.416 e. The molecule has 0 atom stereocenters. The Morgan fingerprint density at radius 2 is 1.73 bits per heavy atom. The zero-order chi connectivity index (χ0) is 15.6. The SMILES string of the molecule is FC(F)(F)c1ccc(-n2cc(OC3CCCCC3)cn2)cc1. The lowest BCUT2D eigenvalue weighted by Crippen LogP contribution is -2.19. The van der Waals surface area contributed by atoms with Crippen LogP contribution in [0.15, 0.2) is 36.7 Å². The van der Waals surface area contributed by atoms with Crippen LogP contribution < -0.4 is 4.74 Å². The second kappa shape index (κ2) is 6.02. The van der Waals surface area contributed by atoms with Crippen molar-refractivity contribution < 1.29 is 17.9 Å². The molecular formula is C16H17F3N2O. The summed E-state index contributed by atoms with van der Waals surface area (Å²) in [6, 6.07) is 4.91. The number of alkyl halides is 3. The summed E-state index contributed by atoms with van der Waals surface area (Å²) in [5.74, 6) is 0.659. The molecule has 0 N–H and O–H groups in total. The Labute approximate surface area is 126 Å². The van der Waals surface area contributed by atoms with Crippen molar-refractivity contribution in [3.05, 3.63) is 42.2 Å². The van der Waals surface area contributed by atoms with Gasteiger partial charge in [0.1, 0.15) is 0 Å². The highest BCUT2D eigenvalue weighted by Crippen LogP contribution is 2.30. The Morgan fingerprint density at radius 3 is 2.36 bits per heavy atom. The predicted octanol–water partition coefficient (Wildman–Crippen LogP) is 4.60. The maximum atomic E-state index is 12.5. The second-order valence-electron chi connectivity index (χ2n) is 5.54. The quantitative estimate of drug-likeness (QED) is 0.828. The Bertz CT molecular complexity index is 613. The van der Waals surface area contributed by atoms with Gasteiger partial charge in [0.05, 0.1) is 29.7 Å². The van der Waals surface area contributed by atoms with Crippen molar-refractivity contribution in [2.24, 2.45) is 0 Å². The van der Waals surface area contributed by atoms with E-state index in [1.807, 2.05) is 0 Å². The average Bonchev–Trinajstić information content (AvgIpc) is 2.96. The monoisotopic (exact) mass is 310 g/mol. The minimum atomic E-state index is -4.32. The molecular weight excluding hydrogens is 293 g/mol. The first-order valence-electron chi connectivity index (χ1n) is 7.41. The van der Waals surface area contributed by atoms with Crippen LogP contribution in [0.25, 0.3) is 5.69 Å². The lowest BCUT2D eigenvalue weighted by molar-refractivity contribution is -0.137. The van der Waals surface area contributed by atoms with Gasteiger partial charge in [-0.05, 0) is 49.9 Å². The minimum absolute atomic E-state index is 0.221. The molecule has 0 spiro atoms. The average molecular weight is 310 g/mol. The fraction of sp³-hybridized carbons (Fsp3) is 0.438. The molecule has 1 saturated carbocycles. The number of aromatic nitrogens is 2. The largest absolute Gasteiger partial charge is 0.487 e. The molecule has 2 aromatic rings. The molecule has 0 bridgehead atoms. The molecule has 22 heavy (non-hydrogen) atoms. The third kappa shape index (κ3) is 3.43. The van der Waals surface area contributed by atoms with E-state index in [2.05, 4.69) is 5.10 Å². The van der Waals surface area contributed by atoms with Gasteiger partial charge in [-0.1, -0.05) is 6.42 Å². The molecule has 1 heterocycles. The Morgan fingerprint density at radius 1 is 1.05 bits per heavy atom. The Kier molecular flexibility index (Phi) is 4.09. The van der Waals surface area contributed by atoms with Crippen molar-refractivity contribution in [1.29, 1.82) is 0 Å². The Hall–Kier alpha value is -1.98. The number of halogens is 3. The number of benzene rings is 1. The van der Waals surface area contributed by atoms with Gasteiger partial charge in [0, 0.05) is 0 Å². The van der Waals surface area contributed by atoms with E-state index < -0.39 is 11.7 Å². The first-order valence-corrected chi connectivity index (χ1v) is 7.41. The molecule has 1 fully saturated rings. The van der Waals surface area contributed by atoms with Crippen molar-refractivity contribution in [2.45, 2.75) is 44.4 Å². The number of hydrogen-bond acceptors (Lipinski definition) is 2. The molecule has 1 aromatic carbocycles. The zero-order valence-electron chi connectivity index (χ0n) is 12.0. The number of nitrogens with zero attached hydrogens (tertiary/aromatic N) is 2. The van der Waals surface area contributed by atoms with Gasteiger partial charge >= 0.3 is 6.18 Å². The van der Waals surface area contributed by atoms with Crippen LogP contribution in [0.4, 0.5) is 13.2 Å². The Balaban J connectivity index is 1.70. The topological polar surface area (TPSA) is 27.1 Å². The summed E-state index contributed by atoms with van der Waals surface area (Å²) in [5, 5.41) is 4.15. The van der Waals surface area contributed by atoms with E-state index in [9.17, 15) is 13.2 Å². The van der Waals surface area contributed by atoms with Crippen LogP contribution >= 0.6 is 0 Å². The van der Waals surface area contributed by atoms with Crippen LogP contribution in [-0.4, -0.2) is 15.9 Å². The van der Waals surface area contributed by atoms with E-state index in [4.69, 9.17) is 4.74 Å². The van der Waals surface area contributed by atoms with Gasteiger partial charge in [0.15, 0.2) is 5.75 Å². The number of ether oxygens (including phenoxy) is 1. The zero-order valence-corrected chi connectivity index (χ0v) is 12.0. The van der Waals surface area contributed by atoms with Crippen molar-refractivity contribution in [3.63, 3.8) is 0 Å². The molecule has 1 aliphatic carbocycles. The van der Waals surface area contributed by atoms with Crippen molar-refractivity contribution in [1.82, 2.24) is 9.78 Å². The van der Waals surface area contributed by atoms with E-state index in [1.54, 1.807) is 12.4 Å². The molecule has 6 heteroatoms. The predicted molar refractivity (Wildman–Crippen MR) is 76.1 cm³/mol. The summed E-state index contributed by atoms with van der Waals surface area (Å²) >= 11 is 0. The first-order chi connectivity index (χ1) is 10.5. The van der Waals surface area contributed by atoms with E-state index >= 15 is 0 Å². The molecule has 1 aromatic heterocycles. The second-order valence-corrected chi connectivity index (χ2v) is 5.54. The van der Waals surface area contributed by atoms with Crippen LogP contribution in [-0.2, 0) is 6.18 Å². The summed E-state index contributed by atoms with van der Waals surface area (Å²) in [7, 11) is 0. The van der Waals surface area contributed by atoms with Gasteiger partial charge in [-0.15, -0.1) is 0 Å². The van der Waals surface area contributed by atoms with Crippen molar-refractivity contribution in [3.8, 4) is 11.4 Å². The minimum Gasteiger partial charge on any atom is -0.487 e. The van der Waals surface area contributed by atoms with Crippen molar-refractivity contribution in [2.75, 3.05) is 0 Å². The standard InChI is InChI=1S/C16H17F3N2O/c17-16(18,19)12-6-8-13(9-7-12)21-11-15(10-20-21)22-14-4-2-1-3-5-14/h6-11,14H,1-5H2. The molecule has 0 aliphatic heterocycles. The highest BCUT2D eigenvalue weighted by Gasteiger charge is 2.30. The summed E-state index contributed by atoms with van der Waals surface area (Å²) in [6.07, 6.45) is 4.91. The third-order valence-corrected chi connectivity index (χ3v) is 3.87. The van der Waals surface area contributed by atoms with Crippen LogP contribution in [0.1, 0.15) is 37.7 Å². The third-order valence-electron chi connectivity index (χ3n) is 3.87. The number of rotatable bonds is 3. The molecule has 0 unspecified atom stereocenters. The maximum Gasteiger partial charge on any atom is 0.416 e. The van der Waals surface area contributed by atoms with Crippen molar-refractivity contribution >= 4 is 0 Å². The molecule has 3 rings (SSSR count). The van der Waals surface area contributed by atoms with Crippen LogP contribution in [0.2, 0.25) is 0 Å². The highest BCUT2D eigenvalue weighted by molar-refractivity contribution is 5.36. The fourth-order valence-electron chi connectivity index (χ4n) is 2.69. The highest BCUT2D eigenvalue weighted by atomic mass is 19.4. The van der Waals surface area contributed by atoms with Crippen LogP contribution in [0.3, 0.4) is 0 Å². The lowest BCUT2D eigenvalue weighted by atomic mass is 9.98. The van der Waals surface area contributed by atoms with E-state index in [0.29, 0.717) is 11.4 Å². The molecule has 3 nitrogen and oxygen atoms in total. The normalized spacial score (nSPS) is 16.7. The lowest BCUT2D eigenvalue weighted by Gasteiger charge is -2.21. The molecule has 118 valence electrons. The van der Waals surface area contributed by atoms with Crippen LogP contribution in [0.5, 0.6) is 5.75 Å². The maximum absolute atomic E-state index is 12.5. The van der Waals surface area contributed by atoms with Gasteiger partial charge in [-0.2, -0.15) is 18.3 Å². The van der Waals surface area contributed by atoms with E-state index in [0.717, 1.165) is 25.0 Å². The van der Waals surface area contributed by atoms with Crippen LogP contribution in [0, 0.1) is 0 Å². The summed E-state index contributed by atoms with van der Waals surface area (Å²) < 4.78 is 45.0. The summed E-state index contributed by atoms with van der Waals surface area (Å²) in [5.41, 5.74) is -0.0893. The van der Waals surface area contributed by atoms with Gasteiger partial charge in [-0.3, -0.25) is 0 Å². The van der Waals surface area contributed by atoms with Gasteiger partial charge in [-0.25, -0.2) is 4.68 Å². The number of hydrogen-bond donors (Lipinski definition) is 0. The van der Waals surface area contributed by atoms with E-state index in [-0.39, 0.29) is 6.10 Å². The van der Waals surface area contributed by atoms with Gasteiger partial charge < -0.3 is 4.74 Å².